The predicted molar refractivity (Wildman–Crippen MR) is 89.9 cm³/mol. The Morgan fingerprint density at radius 3 is 2.65 bits per heavy atom. The van der Waals surface area contributed by atoms with Crippen LogP contribution in [0.1, 0.15) is 21.6 Å². The zero-order valence-electron chi connectivity index (χ0n) is 13.4. The molecule has 0 amide bonds. The monoisotopic (exact) mass is 349 g/mol. The van der Waals surface area contributed by atoms with E-state index in [2.05, 4.69) is 9.97 Å². The molecule has 1 aromatic heterocycles. The molecule has 0 aliphatic carbocycles. The number of carboxylic acids is 1. The van der Waals surface area contributed by atoms with Crippen molar-refractivity contribution in [2.75, 3.05) is 0 Å². The Kier molecular flexibility index (Phi) is 4.85. The van der Waals surface area contributed by atoms with Crippen LogP contribution in [0.25, 0.3) is 11.4 Å². The number of carbonyl (C=O) groups is 1. The van der Waals surface area contributed by atoms with Crippen molar-refractivity contribution in [3.63, 3.8) is 0 Å². The van der Waals surface area contributed by atoms with Crippen LogP contribution in [0.2, 0.25) is 0 Å². The summed E-state index contributed by atoms with van der Waals surface area (Å²) in [6, 6.07) is 14.0. The third-order valence-electron chi connectivity index (χ3n) is 3.57. The molecule has 7 heteroatoms. The maximum Gasteiger partial charge on any atom is 0.354 e. The zero-order valence-corrected chi connectivity index (χ0v) is 13.4. The van der Waals surface area contributed by atoms with E-state index in [-0.39, 0.29) is 17.9 Å². The van der Waals surface area contributed by atoms with Gasteiger partial charge in [-0.15, -0.1) is 0 Å². The molecule has 6 nitrogen and oxygen atoms in total. The second kappa shape index (κ2) is 7.40. The Morgan fingerprint density at radius 1 is 1.19 bits per heavy atom. The lowest BCUT2D eigenvalue weighted by Crippen LogP contribution is -2.02. The van der Waals surface area contributed by atoms with E-state index in [9.17, 15) is 9.18 Å². The van der Waals surface area contributed by atoms with E-state index in [0.717, 1.165) is 6.07 Å². The molecule has 0 unspecified atom stereocenters. The first-order valence-corrected chi connectivity index (χ1v) is 7.55. The molecule has 3 aromatic rings. The Morgan fingerprint density at radius 2 is 1.96 bits per heavy atom. The number of hydrogen-bond acceptors (Lipinski definition) is 5. The van der Waals surface area contributed by atoms with Gasteiger partial charge in [0, 0.05) is 17.3 Å². The third-order valence-corrected chi connectivity index (χ3v) is 3.57. The predicted octanol–water partition coefficient (Wildman–Crippen LogP) is 3.43. The molecule has 2 aromatic carbocycles. The molecule has 1 heterocycles. The fraction of sp³-hybridized carbons (Fsp3) is 0.0526. The number of halogens is 1. The smallest absolute Gasteiger partial charge is 0.354 e. The van der Waals surface area contributed by atoms with Crippen molar-refractivity contribution < 1.29 is 19.0 Å². The minimum atomic E-state index is -1.12. The quantitative estimate of drug-likeness (QED) is 0.758. The van der Waals surface area contributed by atoms with Gasteiger partial charge in [0.15, 0.2) is 11.5 Å². The number of hydrogen-bond donors (Lipinski definition) is 1. The number of carboxylic acid groups (broad SMARTS) is 1. The van der Waals surface area contributed by atoms with Gasteiger partial charge in [0.2, 0.25) is 0 Å². The molecular formula is C19H12FN3O3. The number of ether oxygens (including phenoxy) is 1. The van der Waals surface area contributed by atoms with E-state index >= 15 is 0 Å². The SMILES string of the molecule is N#Cc1cc(F)ccc1COc1ccc(-c2nccc(C(=O)O)n2)cc1. The van der Waals surface area contributed by atoms with Crippen molar-refractivity contribution in [2.24, 2.45) is 0 Å². The van der Waals surface area contributed by atoms with Crippen LogP contribution >= 0.6 is 0 Å². The first-order valence-electron chi connectivity index (χ1n) is 7.55. The van der Waals surface area contributed by atoms with Gasteiger partial charge in [-0.25, -0.2) is 19.2 Å². The van der Waals surface area contributed by atoms with E-state index in [1.54, 1.807) is 24.3 Å². The molecule has 0 saturated heterocycles. The van der Waals surface area contributed by atoms with Crippen LogP contribution in [0, 0.1) is 17.1 Å². The van der Waals surface area contributed by atoms with Gasteiger partial charge in [-0.1, -0.05) is 6.07 Å². The molecule has 0 aliphatic rings. The van der Waals surface area contributed by atoms with Crippen molar-refractivity contribution in [3.8, 4) is 23.2 Å². The topological polar surface area (TPSA) is 96.1 Å². The molecule has 1 N–H and O–H groups in total. The fourth-order valence-electron chi connectivity index (χ4n) is 2.26. The largest absolute Gasteiger partial charge is 0.489 e. The summed E-state index contributed by atoms with van der Waals surface area (Å²) >= 11 is 0. The molecule has 3 rings (SSSR count). The second-order valence-electron chi connectivity index (χ2n) is 5.30. The van der Waals surface area contributed by atoms with E-state index in [4.69, 9.17) is 15.1 Å². The average molecular weight is 349 g/mol. The maximum atomic E-state index is 13.1. The Balaban J connectivity index is 1.74. The van der Waals surface area contributed by atoms with E-state index in [1.165, 1.54) is 24.4 Å². The highest BCUT2D eigenvalue weighted by Gasteiger charge is 2.09. The van der Waals surface area contributed by atoms with Crippen LogP contribution in [-0.2, 0) is 6.61 Å². The van der Waals surface area contributed by atoms with Crippen LogP contribution < -0.4 is 4.74 Å². The third kappa shape index (κ3) is 3.82. The summed E-state index contributed by atoms with van der Waals surface area (Å²) in [5.41, 5.74) is 1.35. The summed E-state index contributed by atoms with van der Waals surface area (Å²) < 4.78 is 18.8. The minimum Gasteiger partial charge on any atom is -0.489 e. The highest BCUT2D eigenvalue weighted by atomic mass is 19.1. The number of nitriles is 1. The van der Waals surface area contributed by atoms with E-state index in [1.807, 2.05) is 6.07 Å². The van der Waals surface area contributed by atoms with Crippen LogP contribution in [0.5, 0.6) is 5.75 Å². The van der Waals surface area contributed by atoms with Gasteiger partial charge in [0.05, 0.1) is 11.6 Å². The molecule has 0 fully saturated rings. The molecule has 0 bridgehead atoms. The standard InChI is InChI=1S/C19H12FN3O3/c20-15-4-1-13(14(9-15)10-21)11-26-16-5-2-12(3-6-16)18-22-8-7-17(23-18)19(24)25/h1-9H,11H2,(H,24,25). The van der Waals surface area contributed by atoms with Gasteiger partial charge in [-0.05, 0) is 42.5 Å². The van der Waals surface area contributed by atoms with Gasteiger partial charge in [0.25, 0.3) is 0 Å². The zero-order chi connectivity index (χ0) is 18.5. The number of rotatable bonds is 5. The normalized spacial score (nSPS) is 10.2. The first-order chi connectivity index (χ1) is 12.6. The van der Waals surface area contributed by atoms with E-state index in [0.29, 0.717) is 22.7 Å². The highest BCUT2D eigenvalue weighted by molar-refractivity contribution is 5.85. The number of aromatic nitrogens is 2. The molecule has 0 aliphatic heterocycles. The Bertz CT molecular complexity index is 998. The summed E-state index contributed by atoms with van der Waals surface area (Å²) in [6.07, 6.45) is 1.38. The number of nitrogens with zero attached hydrogens (tertiary/aromatic N) is 3. The van der Waals surface area contributed by atoms with E-state index < -0.39 is 11.8 Å². The van der Waals surface area contributed by atoms with Crippen molar-refractivity contribution in [3.05, 3.63) is 77.4 Å². The average Bonchev–Trinajstić information content (AvgIpc) is 2.67. The van der Waals surface area contributed by atoms with Crippen molar-refractivity contribution in [1.29, 1.82) is 5.26 Å². The van der Waals surface area contributed by atoms with Crippen LogP contribution in [0.4, 0.5) is 4.39 Å². The van der Waals surface area contributed by atoms with Gasteiger partial charge >= 0.3 is 5.97 Å². The summed E-state index contributed by atoms with van der Waals surface area (Å²) in [7, 11) is 0. The number of benzene rings is 2. The van der Waals surface area contributed by atoms with Crippen LogP contribution in [0.3, 0.4) is 0 Å². The molecule has 0 radical (unpaired) electrons. The summed E-state index contributed by atoms with van der Waals surface area (Å²) in [6.45, 7) is 0.119. The van der Waals surface area contributed by atoms with Crippen molar-refractivity contribution in [2.45, 2.75) is 6.61 Å². The Hall–Kier alpha value is -3.79. The summed E-state index contributed by atoms with van der Waals surface area (Å²) in [5, 5.41) is 18.0. The molecule has 0 atom stereocenters. The number of aromatic carboxylic acids is 1. The lowest BCUT2D eigenvalue weighted by Gasteiger charge is -2.08. The Labute approximate surface area is 148 Å². The van der Waals surface area contributed by atoms with Crippen LogP contribution in [0.15, 0.2) is 54.7 Å². The molecule has 0 saturated carbocycles. The molecule has 26 heavy (non-hydrogen) atoms. The first kappa shape index (κ1) is 17.0. The summed E-state index contributed by atoms with van der Waals surface area (Å²) in [4.78, 5) is 19.0. The summed E-state index contributed by atoms with van der Waals surface area (Å²) in [5.74, 6) is -0.766. The minimum absolute atomic E-state index is 0.0873. The molecule has 128 valence electrons. The molecular weight excluding hydrogens is 337 g/mol. The van der Waals surface area contributed by atoms with Crippen LogP contribution in [-0.4, -0.2) is 21.0 Å². The lowest BCUT2D eigenvalue weighted by molar-refractivity contribution is 0.0690. The van der Waals surface area contributed by atoms with Gasteiger partial charge in [-0.2, -0.15) is 5.26 Å². The van der Waals surface area contributed by atoms with Crippen molar-refractivity contribution in [1.82, 2.24) is 9.97 Å². The van der Waals surface area contributed by atoms with Gasteiger partial charge < -0.3 is 9.84 Å². The lowest BCUT2D eigenvalue weighted by atomic mass is 10.1. The second-order valence-corrected chi connectivity index (χ2v) is 5.30. The maximum absolute atomic E-state index is 13.1. The van der Waals surface area contributed by atoms with Gasteiger partial charge in [-0.3, -0.25) is 0 Å². The fourth-order valence-corrected chi connectivity index (χ4v) is 2.26. The van der Waals surface area contributed by atoms with Gasteiger partial charge in [0.1, 0.15) is 18.2 Å². The molecule has 0 spiro atoms. The van der Waals surface area contributed by atoms with Crippen molar-refractivity contribution >= 4 is 5.97 Å². The highest BCUT2D eigenvalue weighted by Crippen LogP contribution is 2.21.